The fraction of sp³-hybridized carbons (Fsp3) is 0.438. The van der Waals surface area contributed by atoms with Crippen LogP contribution in [0.25, 0.3) is 0 Å². The molecule has 2 aromatic rings. The van der Waals surface area contributed by atoms with Gasteiger partial charge in [0.1, 0.15) is 9.88 Å². The van der Waals surface area contributed by atoms with Crippen LogP contribution in [0.15, 0.2) is 9.95 Å². The van der Waals surface area contributed by atoms with Gasteiger partial charge in [-0.2, -0.15) is 0 Å². The summed E-state index contributed by atoms with van der Waals surface area (Å²) in [6, 6.07) is 0. The average molecular weight is 428 g/mol. The molecule has 10 nitrogen and oxygen atoms in total. The Morgan fingerprint density at radius 1 is 1.25 bits per heavy atom. The number of esters is 2. The van der Waals surface area contributed by atoms with E-state index in [1.54, 1.807) is 6.92 Å². The largest absolute Gasteiger partial charge is 0.465 e. The number of ether oxygens (including phenoxy) is 2. The second kappa shape index (κ2) is 9.55. The van der Waals surface area contributed by atoms with Crippen molar-refractivity contribution in [2.75, 3.05) is 25.3 Å². The summed E-state index contributed by atoms with van der Waals surface area (Å²) in [5.74, 6) is -1.75. The van der Waals surface area contributed by atoms with Crippen molar-refractivity contribution in [2.24, 2.45) is 0 Å². The standard InChI is InChI=1S/C16H20N4O6S2/c1-5-6-20-15(24)18-19-16(20)27-7-9(21)17-12-10(13(22)25-3)8(2)11(28-12)14(23)26-4/h5-7H2,1-4H3,(H,17,21)(H,18,24). The zero-order chi connectivity index (χ0) is 20.8. The molecule has 2 aromatic heterocycles. The van der Waals surface area contributed by atoms with Gasteiger partial charge < -0.3 is 14.8 Å². The van der Waals surface area contributed by atoms with Crippen LogP contribution in [0, 0.1) is 6.92 Å². The predicted molar refractivity (Wildman–Crippen MR) is 104 cm³/mol. The minimum Gasteiger partial charge on any atom is -0.465 e. The maximum Gasteiger partial charge on any atom is 0.348 e. The molecule has 0 aliphatic heterocycles. The average Bonchev–Trinajstić information content (AvgIpc) is 3.19. The minimum absolute atomic E-state index is 0.0425. The molecule has 12 heteroatoms. The molecule has 0 saturated heterocycles. The van der Waals surface area contributed by atoms with Crippen molar-refractivity contribution in [3.05, 3.63) is 26.5 Å². The summed E-state index contributed by atoms with van der Waals surface area (Å²) in [6.07, 6.45) is 0.743. The van der Waals surface area contributed by atoms with Crippen molar-refractivity contribution in [3.8, 4) is 0 Å². The summed E-state index contributed by atoms with van der Waals surface area (Å²) < 4.78 is 10.9. The van der Waals surface area contributed by atoms with Gasteiger partial charge in [0.05, 0.1) is 25.5 Å². The van der Waals surface area contributed by atoms with Crippen molar-refractivity contribution in [2.45, 2.75) is 32.0 Å². The van der Waals surface area contributed by atoms with E-state index in [1.165, 1.54) is 18.8 Å². The van der Waals surface area contributed by atoms with E-state index in [0.717, 1.165) is 29.5 Å². The lowest BCUT2D eigenvalue weighted by molar-refractivity contribution is -0.113. The number of nitrogens with one attached hydrogen (secondary N) is 2. The number of aromatic amines is 1. The molecule has 0 aliphatic carbocycles. The summed E-state index contributed by atoms with van der Waals surface area (Å²) in [5, 5.41) is 9.46. The van der Waals surface area contributed by atoms with Crippen LogP contribution in [-0.2, 0) is 20.8 Å². The fourth-order valence-corrected chi connectivity index (χ4v) is 4.27. The Morgan fingerprint density at radius 2 is 1.93 bits per heavy atom. The van der Waals surface area contributed by atoms with Gasteiger partial charge in [-0.05, 0) is 18.9 Å². The third kappa shape index (κ3) is 4.62. The molecule has 0 unspecified atom stereocenters. The highest BCUT2D eigenvalue weighted by Gasteiger charge is 2.26. The smallest absolute Gasteiger partial charge is 0.348 e. The molecule has 2 heterocycles. The Hall–Kier alpha value is -2.60. The highest BCUT2D eigenvalue weighted by Crippen LogP contribution is 2.34. The van der Waals surface area contributed by atoms with Gasteiger partial charge in [-0.1, -0.05) is 18.7 Å². The number of nitrogens with zero attached hydrogens (tertiary/aromatic N) is 2. The summed E-state index contributed by atoms with van der Waals surface area (Å²) in [6.45, 7) is 3.98. The topological polar surface area (TPSA) is 132 Å². The van der Waals surface area contributed by atoms with Gasteiger partial charge in [0.2, 0.25) is 5.91 Å². The van der Waals surface area contributed by atoms with Crippen LogP contribution >= 0.6 is 23.1 Å². The van der Waals surface area contributed by atoms with E-state index in [2.05, 4.69) is 15.5 Å². The Morgan fingerprint density at radius 3 is 2.54 bits per heavy atom. The third-order valence-corrected chi connectivity index (χ3v) is 5.83. The molecule has 2 rings (SSSR count). The van der Waals surface area contributed by atoms with Gasteiger partial charge in [0, 0.05) is 6.54 Å². The molecule has 2 N–H and O–H groups in total. The van der Waals surface area contributed by atoms with Gasteiger partial charge in [0.25, 0.3) is 0 Å². The second-order valence-corrected chi connectivity index (χ2v) is 7.51. The van der Waals surface area contributed by atoms with Crippen LogP contribution in [0.5, 0.6) is 0 Å². The number of thioether (sulfide) groups is 1. The summed E-state index contributed by atoms with van der Waals surface area (Å²) in [7, 11) is 2.44. The lowest BCUT2D eigenvalue weighted by atomic mass is 10.1. The normalized spacial score (nSPS) is 10.6. The maximum absolute atomic E-state index is 12.4. The van der Waals surface area contributed by atoms with Crippen LogP contribution in [0.2, 0.25) is 0 Å². The van der Waals surface area contributed by atoms with E-state index >= 15 is 0 Å². The molecule has 0 bridgehead atoms. The van der Waals surface area contributed by atoms with Crippen molar-refractivity contribution in [1.29, 1.82) is 0 Å². The van der Waals surface area contributed by atoms with Crippen LogP contribution in [-0.4, -0.2) is 52.6 Å². The zero-order valence-corrected chi connectivity index (χ0v) is 17.4. The number of thiophene rings is 1. The number of anilines is 1. The third-order valence-electron chi connectivity index (χ3n) is 3.66. The SMILES string of the molecule is CCCn1c(SCC(=O)Nc2sc(C(=O)OC)c(C)c2C(=O)OC)n[nH]c1=O. The second-order valence-electron chi connectivity index (χ2n) is 5.54. The molecule has 0 saturated carbocycles. The number of aromatic nitrogens is 3. The molecule has 0 radical (unpaired) electrons. The number of hydrogen-bond acceptors (Lipinski definition) is 9. The summed E-state index contributed by atoms with van der Waals surface area (Å²) >= 11 is 2.02. The molecule has 0 fully saturated rings. The lowest BCUT2D eigenvalue weighted by Crippen LogP contribution is -2.19. The van der Waals surface area contributed by atoms with E-state index < -0.39 is 17.8 Å². The quantitative estimate of drug-likeness (QED) is 0.479. The van der Waals surface area contributed by atoms with Crippen LogP contribution in [0.4, 0.5) is 5.00 Å². The van der Waals surface area contributed by atoms with Crippen molar-refractivity contribution >= 4 is 45.9 Å². The molecule has 152 valence electrons. The fourth-order valence-electron chi connectivity index (χ4n) is 2.36. The molecule has 0 aliphatic rings. The van der Waals surface area contributed by atoms with Crippen molar-refractivity contribution in [1.82, 2.24) is 14.8 Å². The first-order valence-corrected chi connectivity index (χ1v) is 10.0. The Bertz CT molecular complexity index is 946. The summed E-state index contributed by atoms with van der Waals surface area (Å²) in [5.41, 5.74) is 0.138. The van der Waals surface area contributed by atoms with Crippen LogP contribution in [0.1, 0.15) is 38.9 Å². The molecule has 0 spiro atoms. The number of hydrogen-bond donors (Lipinski definition) is 2. The number of amides is 1. The lowest BCUT2D eigenvalue weighted by Gasteiger charge is -2.06. The highest BCUT2D eigenvalue weighted by molar-refractivity contribution is 7.99. The molecule has 1 amide bonds. The van der Waals surface area contributed by atoms with Crippen molar-refractivity contribution in [3.63, 3.8) is 0 Å². The first-order chi connectivity index (χ1) is 13.3. The first-order valence-electron chi connectivity index (χ1n) is 8.21. The number of carbonyl (C=O) groups is 3. The molecule has 28 heavy (non-hydrogen) atoms. The Labute approximate surface area is 168 Å². The molecule has 0 atom stereocenters. The van der Waals surface area contributed by atoms with Crippen LogP contribution < -0.4 is 11.0 Å². The monoisotopic (exact) mass is 428 g/mol. The van der Waals surface area contributed by atoms with Crippen LogP contribution in [0.3, 0.4) is 0 Å². The number of methoxy groups -OCH3 is 2. The van der Waals surface area contributed by atoms with Gasteiger partial charge in [-0.15, -0.1) is 16.4 Å². The first kappa shape index (κ1) is 21.7. The maximum atomic E-state index is 12.4. The van der Waals surface area contributed by atoms with Gasteiger partial charge >= 0.3 is 17.6 Å². The van der Waals surface area contributed by atoms with E-state index in [0.29, 0.717) is 17.3 Å². The number of carbonyl (C=O) groups excluding carboxylic acids is 3. The van der Waals surface area contributed by atoms with E-state index in [9.17, 15) is 19.2 Å². The molecular formula is C16H20N4O6S2. The molecule has 0 aromatic carbocycles. The number of rotatable bonds is 8. The zero-order valence-electron chi connectivity index (χ0n) is 15.8. The van der Waals surface area contributed by atoms with Gasteiger partial charge in [-0.3, -0.25) is 9.36 Å². The highest BCUT2D eigenvalue weighted by atomic mass is 32.2. The Balaban J connectivity index is 2.18. The van der Waals surface area contributed by atoms with Crippen molar-refractivity contribution < 1.29 is 23.9 Å². The van der Waals surface area contributed by atoms with E-state index in [4.69, 9.17) is 9.47 Å². The Kier molecular flexibility index (Phi) is 7.40. The van der Waals surface area contributed by atoms with E-state index in [-0.39, 0.29) is 26.9 Å². The number of H-pyrrole nitrogens is 1. The van der Waals surface area contributed by atoms with Gasteiger partial charge in [0.15, 0.2) is 5.16 Å². The van der Waals surface area contributed by atoms with Gasteiger partial charge in [-0.25, -0.2) is 19.5 Å². The predicted octanol–water partition coefficient (Wildman–Crippen LogP) is 1.66. The summed E-state index contributed by atoms with van der Waals surface area (Å²) in [4.78, 5) is 48.2. The minimum atomic E-state index is -0.670. The molecular weight excluding hydrogens is 408 g/mol. The van der Waals surface area contributed by atoms with E-state index in [1.807, 2.05) is 6.92 Å².